The number of nitrogens with zero attached hydrogens (tertiary/aromatic N) is 1. The summed E-state index contributed by atoms with van der Waals surface area (Å²) in [6.07, 6.45) is 0.959. The van der Waals surface area contributed by atoms with Gasteiger partial charge >= 0.3 is 0 Å². The molecule has 0 aliphatic carbocycles. The van der Waals surface area contributed by atoms with Gasteiger partial charge in [0, 0.05) is 21.5 Å². The van der Waals surface area contributed by atoms with Gasteiger partial charge in [-0.05, 0) is 42.7 Å². The minimum atomic E-state index is 0.959. The molecule has 0 unspecified atom stereocenters. The van der Waals surface area contributed by atoms with Crippen LogP contribution in [0.15, 0.2) is 83.3 Å². The first-order valence-corrected chi connectivity index (χ1v) is 10.2. The first-order chi connectivity index (χ1) is 14.3. The van der Waals surface area contributed by atoms with Crippen molar-refractivity contribution in [2.24, 2.45) is 0 Å². The van der Waals surface area contributed by atoms with Crippen LogP contribution >= 0.6 is 0 Å². The Morgan fingerprint density at radius 2 is 1.34 bits per heavy atom. The Bertz CT molecular complexity index is 1490. The van der Waals surface area contributed by atoms with Gasteiger partial charge in [-0.25, -0.2) is 0 Å². The summed E-state index contributed by atoms with van der Waals surface area (Å²) in [5.41, 5.74) is 7.99. The van der Waals surface area contributed by atoms with E-state index in [9.17, 15) is 0 Å². The smallest absolute Gasteiger partial charge is 0.159 e. The van der Waals surface area contributed by atoms with Gasteiger partial charge in [0.2, 0.25) is 0 Å². The number of fused-ring (bicyclic) bond motifs is 6. The highest BCUT2D eigenvalue weighted by Gasteiger charge is 2.19. The highest BCUT2D eigenvalue weighted by Crippen LogP contribution is 2.39. The van der Waals surface area contributed by atoms with Crippen LogP contribution in [0.4, 0.5) is 0 Å². The fraction of sp³-hybridized carbons (Fsp3) is 0.111. The van der Waals surface area contributed by atoms with Crippen LogP contribution < -0.4 is 0 Å². The maximum atomic E-state index is 6.59. The van der Waals surface area contributed by atoms with E-state index in [1.165, 1.54) is 43.7 Å². The lowest BCUT2D eigenvalue weighted by atomic mass is 10.0. The molecule has 0 saturated carbocycles. The number of hydrogen-bond acceptors (Lipinski definition) is 1. The van der Waals surface area contributed by atoms with E-state index in [0.717, 1.165) is 23.3 Å². The first-order valence-electron chi connectivity index (χ1n) is 10.2. The summed E-state index contributed by atoms with van der Waals surface area (Å²) in [5.74, 6) is 0. The molecule has 0 aliphatic heterocycles. The van der Waals surface area contributed by atoms with E-state index < -0.39 is 0 Å². The van der Waals surface area contributed by atoms with Crippen LogP contribution in [0.3, 0.4) is 0 Å². The summed E-state index contributed by atoms with van der Waals surface area (Å²) in [7, 11) is 0. The van der Waals surface area contributed by atoms with Crippen molar-refractivity contribution >= 4 is 43.7 Å². The number of benzene rings is 4. The molecule has 0 radical (unpaired) electrons. The second-order valence-corrected chi connectivity index (χ2v) is 7.72. The number of aryl methyl sites for hydroxylation is 2. The molecule has 0 fully saturated rings. The SMILES string of the molecule is CCc1cccc2c1oc1c(-n3c4ccccc4c4ccccc43)ccc(C)c12. The standard InChI is InChI=1S/C27H21NO/c1-3-18-9-8-12-21-25-17(2)15-16-24(27(25)29-26(18)21)28-22-13-6-4-10-19(22)20-11-5-7-14-23(20)28/h4-16H,3H2,1-2H3. The zero-order valence-corrected chi connectivity index (χ0v) is 16.6. The topological polar surface area (TPSA) is 18.1 Å². The van der Waals surface area contributed by atoms with Crippen LogP contribution in [0.5, 0.6) is 0 Å². The van der Waals surface area contributed by atoms with Crippen molar-refractivity contribution in [2.75, 3.05) is 0 Å². The molecule has 2 heteroatoms. The van der Waals surface area contributed by atoms with E-state index in [1.54, 1.807) is 0 Å². The largest absolute Gasteiger partial charge is 0.454 e. The highest BCUT2D eigenvalue weighted by atomic mass is 16.3. The Kier molecular flexibility index (Phi) is 3.39. The predicted octanol–water partition coefficient (Wildman–Crippen LogP) is 7.55. The number of furan rings is 1. The summed E-state index contributed by atoms with van der Waals surface area (Å²) in [6, 6.07) is 28.1. The summed E-state index contributed by atoms with van der Waals surface area (Å²) in [5, 5.41) is 4.96. The van der Waals surface area contributed by atoms with Crippen LogP contribution in [0.25, 0.3) is 49.4 Å². The molecule has 0 saturated heterocycles. The van der Waals surface area contributed by atoms with Gasteiger partial charge in [0.25, 0.3) is 0 Å². The Morgan fingerprint density at radius 1 is 0.690 bits per heavy atom. The molecule has 0 spiro atoms. The van der Waals surface area contributed by atoms with Gasteiger partial charge in [-0.1, -0.05) is 67.6 Å². The molecular weight excluding hydrogens is 354 g/mol. The maximum Gasteiger partial charge on any atom is 0.159 e. The fourth-order valence-electron chi connectivity index (χ4n) is 4.75. The molecule has 0 N–H and O–H groups in total. The lowest BCUT2D eigenvalue weighted by Crippen LogP contribution is -1.94. The number of para-hydroxylation sites is 3. The third-order valence-corrected chi connectivity index (χ3v) is 6.12. The van der Waals surface area contributed by atoms with Gasteiger partial charge in [-0.3, -0.25) is 0 Å². The van der Waals surface area contributed by atoms with Crippen molar-refractivity contribution in [3.8, 4) is 5.69 Å². The lowest BCUT2D eigenvalue weighted by molar-refractivity contribution is 0.661. The van der Waals surface area contributed by atoms with Crippen LogP contribution in [-0.2, 0) is 6.42 Å². The lowest BCUT2D eigenvalue weighted by Gasteiger charge is -2.09. The maximum absolute atomic E-state index is 6.59. The molecular formula is C27H21NO. The fourth-order valence-corrected chi connectivity index (χ4v) is 4.75. The second-order valence-electron chi connectivity index (χ2n) is 7.72. The molecule has 0 amide bonds. The van der Waals surface area contributed by atoms with E-state index in [4.69, 9.17) is 4.42 Å². The van der Waals surface area contributed by atoms with Crippen molar-refractivity contribution in [1.82, 2.24) is 4.57 Å². The van der Waals surface area contributed by atoms with Crippen LogP contribution in [0.1, 0.15) is 18.1 Å². The Hall–Kier alpha value is -3.52. The highest BCUT2D eigenvalue weighted by molar-refractivity contribution is 6.13. The Labute approximate surface area is 169 Å². The van der Waals surface area contributed by atoms with Crippen molar-refractivity contribution in [1.29, 1.82) is 0 Å². The van der Waals surface area contributed by atoms with Crippen LogP contribution in [-0.4, -0.2) is 4.57 Å². The minimum absolute atomic E-state index is 0.959. The minimum Gasteiger partial charge on any atom is -0.454 e. The van der Waals surface area contributed by atoms with Crippen molar-refractivity contribution in [2.45, 2.75) is 20.3 Å². The van der Waals surface area contributed by atoms with Gasteiger partial charge in [0.1, 0.15) is 5.58 Å². The molecule has 6 aromatic rings. The molecule has 6 rings (SSSR count). The number of hydrogen-bond donors (Lipinski definition) is 0. The number of rotatable bonds is 2. The first kappa shape index (κ1) is 16.4. The quantitative estimate of drug-likeness (QED) is 0.305. The molecule has 140 valence electrons. The molecule has 29 heavy (non-hydrogen) atoms. The average Bonchev–Trinajstić information content (AvgIpc) is 3.31. The van der Waals surface area contributed by atoms with Crippen molar-refractivity contribution in [3.05, 3.63) is 90.0 Å². The van der Waals surface area contributed by atoms with Crippen LogP contribution in [0.2, 0.25) is 0 Å². The zero-order chi connectivity index (χ0) is 19.5. The van der Waals surface area contributed by atoms with Gasteiger partial charge in [-0.2, -0.15) is 0 Å². The molecule has 2 aromatic heterocycles. The summed E-state index contributed by atoms with van der Waals surface area (Å²) >= 11 is 0. The molecule has 2 nitrogen and oxygen atoms in total. The molecule has 2 heterocycles. The molecule has 4 aromatic carbocycles. The van der Waals surface area contributed by atoms with E-state index >= 15 is 0 Å². The third kappa shape index (κ3) is 2.17. The summed E-state index contributed by atoms with van der Waals surface area (Å²) in [6.45, 7) is 4.36. The van der Waals surface area contributed by atoms with E-state index in [-0.39, 0.29) is 0 Å². The summed E-state index contributed by atoms with van der Waals surface area (Å²) < 4.78 is 8.93. The van der Waals surface area contributed by atoms with Gasteiger partial charge in [-0.15, -0.1) is 0 Å². The summed E-state index contributed by atoms with van der Waals surface area (Å²) in [4.78, 5) is 0. The monoisotopic (exact) mass is 375 g/mol. The van der Waals surface area contributed by atoms with Gasteiger partial charge in [0.15, 0.2) is 5.58 Å². The molecule has 0 atom stereocenters. The van der Waals surface area contributed by atoms with Crippen LogP contribution in [0, 0.1) is 6.92 Å². The van der Waals surface area contributed by atoms with E-state index in [2.05, 4.69) is 97.3 Å². The van der Waals surface area contributed by atoms with E-state index in [0.29, 0.717) is 0 Å². The predicted molar refractivity (Wildman–Crippen MR) is 122 cm³/mol. The van der Waals surface area contributed by atoms with Crippen molar-refractivity contribution < 1.29 is 4.42 Å². The van der Waals surface area contributed by atoms with Crippen molar-refractivity contribution in [3.63, 3.8) is 0 Å². The molecule has 0 aliphatic rings. The third-order valence-electron chi connectivity index (χ3n) is 6.12. The normalized spacial score (nSPS) is 11.9. The number of aromatic nitrogens is 1. The Morgan fingerprint density at radius 3 is 2.03 bits per heavy atom. The van der Waals surface area contributed by atoms with Gasteiger partial charge < -0.3 is 8.98 Å². The average molecular weight is 375 g/mol. The van der Waals surface area contributed by atoms with E-state index in [1.807, 2.05) is 0 Å². The Balaban J connectivity index is 1.83. The van der Waals surface area contributed by atoms with Gasteiger partial charge in [0.05, 0.1) is 16.7 Å². The second kappa shape index (κ2) is 5.99. The molecule has 0 bridgehead atoms. The zero-order valence-electron chi connectivity index (χ0n) is 16.6.